The van der Waals surface area contributed by atoms with Crippen LogP contribution in [0.2, 0.25) is 5.02 Å². The number of piperidine rings is 1. The average molecular weight is 510 g/mol. The van der Waals surface area contributed by atoms with Crippen LogP contribution in [0.3, 0.4) is 0 Å². The Kier molecular flexibility index (Phi) is 6.81. The number of nitrogens with zero attached hydrogens (tertiary/aromatic N) is 3. The fourth-order valence-electron chi connectivity index (χ4n) is 3.91. The molecule has 4 rings (SSSR count). The third-order valence-electron chi connectivity index (χ3n) is 5.77. The largest absolute Gasteiger partial charge is 0.495 e. The smallest absolute Gasteiger partial charge is 0.251 e. The van der Waals surface area contributed by atoms with E-state index in [4.69, 9.17) is 21.1 Å². The number of benzene rings is 2. The van der Waals surface area contributed by atoms with Crippen molar-refractivity contribution in [1.29, 1.82) is 0 Å². The van der Waals surface area contributed by atoms with E-state index in [0.29, 0.717) is 34.2 Å². The third-order valence-corrected chi connectivity index (χ3v) is 9.09. The van der Waals surface area contributed by atoms with Crippen molar-refractivity contribution >= 4 is 49.1 Å². The van der Waals surface area contributed by atoms with Gasteiger partial charge in [-0.2, -0.15) is 9.30 Å². The highest BCUT2D eigenvalue weighted by atomic mass is 35.5. The molecule has 0 radical (unpaired) electrons. The molecule has 1 aromatic heterocycles. The van der Waals surface area contributed by atoms with Gasteiger partial charge in [-0.15, -0.1) is 0 Å². The molecule has 2 heterocycles. The van der Waals surface area contributed by atoms with Crippen molar-refractivity contribution in [3.8, 4) is 11.5 Å². The first-order valence-electron chi connectivity index (χ1n) is 10.3. The van der Waals surface area contributed by atoms with Gasteiger partial charge in [0.1, 0.15) is 21.7 Å². The van der Waals surface area contributed by atoms with Crippen molar-refractivity contribution in [2.24, 2.45) is 18.0 Å². The molecule has 0 bridgehead atoms. The molecule has 1 amide bonds. The fraction of sp³-hybridized carbons (Fsp3) is 0.364. The number of aryl methyl sites for hydroxylation is 1. The van der Waals surface area contributed by atoms with Gasteiger partial charge in [0.05, 0.1) is 19.1 Å². The van der Waals surface area contributed by atoms with Gasteiger partial charge in [-0.05, 0) is 49.2 Å². The van der Waals surface area contributed by atoms with Crippen molar-refractivity contribution in [3.05, 3.63) is 46.2 Å². The predicted molar refractivity (Wildman–Crippen MR) is 127 cm³/mol. The minimum Gasteiger partial charge on any atom is -0.495 e. The van der Waals surface area contributed by atoms with E-state index in [1.807, 2.05) is 23.7 Å². The highest BCUT2D eigenvalue weighted by Gasteiger charge is 2.32. The molecule has 0 spiro atoms. The van der Waals surface area contributed by atoms with Gasteiger partial charge in [0, 0.05) is 31.1 Å². The molecule has 1 aliphatic heterocycles. The maximum atomic E-state index is 13.0. The maximum Gasteiger partial charge on any atom is 0.251 e. The number of thiazole rings is 1. The fourth-order valence-corrected chi connectivity index (χ4v) is 6.64. The van der Waals surface area contributed by atoms with Crippen LogP contribution in [0.4, 0.5) is 0 Å². The van der Waals surface area contributed by atoms with Crippen molar-refractivity contribution < 1.29 is 22.7 Å². The molecule has 1 saturated heterocycles. The topological polar surface area (TPSA) is 90.2 Å². The summed E-state index contributed by atoms with van der Waals surface area (Å²) in [6.07, 6.45) is 0.826. The molecule has 33 heavy (non-hydrogen) atoms. The maximum absolute atomic E-state index is 13.0. The molecule has 11 heteroatoms. The van der Waals surface area contributed by atoms with Crippen LogP contribution < -0.4 is 14.3 Å². The number of carbonyl (C=O) groups excluding carboxylic acids is 1. The van der Waals surface area contributed by atoms with Crippen LogP contribution in [0.5, 0.6) is 11.5 Å². The Bertz CT molecular complexity index is 1360. The zero-order valence-electron chi connectivity index (χ0n) is 18.4. The minimum atomic E-state index is -3.62. The van der Waals surface area contributed by atoms with E-state index in [1.54, 1.807) is 26.4 Å². The number of rotatable bonds is 5. The van der Waals surface area contributed by atoms with Crippen LogP contribution in [0.25, 0.3) is 10.2 Å². The van der Waals surface area contributed by atoms with Crippen LogP contribution in [-0.2, 0) is 21.9 Å². The van der Waals surface area contributed by atoms with Crippen LogP contribution in [0.1, 0.15) is 12.8 Å². The van der Waals surface area contributed by atoms with Gasteiger partial charge in [-0.25, -0.2) is 8.42 Å². The molecule has 0 unspecified atom stereocenters. The van der Waals surface area contributed by atoms with Gasteiger partial charge in [-0.3, -0.25) is 4.79 Å². The van der Waals surface area contributed by atoms with Crippen molar-refractivity contribution in [2.75, 3.05) is 27.3 Å². The third kappa shape index (κ3) is 4.52. The van der Waals surface area contributed by atoms with Crippen molar-refractivity contribution in [3.63, 3.8) is 0 Å². The Morgan fingerprint density at radius 2 is 1.67 bits per heavy atom. The van der Waals surface area contributed by atoms with Gasteiger partial charge in [0.15, 0.2) is 4.80 Å². The minimum absolute atomic E-state index is 0.196. The number of amides is 1. The lowest BCUT2D eigenvalue weighted by molar-refractivity contribution is -0.122. The highest BCUT2D eigenvalue weighted by Crippen LogP contribution is 2.34. The first-order chi connectivity index (χ1) is 15.8. The number of carbonyl (C=O) groups is 1. The monoisotopic (exact) mass is 509 g/mol. The Morgan fingerprint density at radius 3 is 2.27 bits per heavy atom. The normalized spacial score (nSPS) is 16.3. The SMILES string of the molecule is COc1ccc(OC)c2c1sc(=NC(=O)C1CCN(S(=O)(=O)c3ccc(Cl)cc3)CC1)n2C. The van der Waals surface area contributed by atoms with E-state index in [2.05, 4.69) is 4.99 Å². The number of aromatic nitrogens is 1. The van der Waals surface area contributed by atoms with E-state index in [0.717, 1.165) is 10.2 Å². The summed E-state index contributed by atoms with van der Waals surface area (Å²) in [5, 5.41) is 0.476. The molecule has 8 nitrogen and oxygen atoms in total. The Balaban J connectivity index is 1.54. The average Bonchev–Trinajstić information content (AvgIpc) is 3.15. The summed E-state index contributed by atoms with van der Waals surface area (Å²) in [6, 6.07) is 9.73. The predicted octanol–water partition coefficient (Wildman–Crippen LogP) is 3.44. The zero-order chi connectivity index (χ0) is 23.8. The van der Waals surface area contributed by atoms with E-state index in [-0.39, 0.29) is 29.8 Å². The number of hydrogen-bond donors (Lipinski definition) is 0. The van der Waals surface area contributed by atoms with Crippen LogP contribution >= 0.6 is 22.9 Å². The summed E-state index contributed by atoms with van der Waals surface area (Å²) in [4.78, 5) is 18.1. The number of methoxy groups -OCH3 is 2. The van der Waals surface area contributed by atoms with Gasteiger partial charge >= 0.3 is 0 Å². The van der Waals surface area contributed by atoms with Gasteiger partial charge < -0.3 is 14.0 Å². The number of ether oxygens (including phenoxy) is 2. The lowest BCUT2D eigenvalue weighted by Crippen LogP contribution is -2.40. The van der Waals surface area contributed by atoms with Crippen molar-refractivity contribution in [1.82, 2.24) is 8.87 Å². The Morgan fingerprint density at radius 1 is 1.06 bits per heavy atom. The van der Waals surface area contributed by atoms with Crippen molar-refractivity contribution in [2.45, 2.75) is 17.7 Å². The number of halogens is 1. The lowest BCUT2D eigenvalue weighted by atomic mass is 9.98. The number of hydrogen-bond acceptors (Lipinski definition) is 6. The molecule has 176 valence electrons. The van der Waals surface area contributed by atoms with Crippen LogP contribution in [0.15, 0.2) is 46.3 Å². The highest BCUT2D eigenvalue weighted by molar-refractivity contribution is 7.89. The molecule has 0 saturated carbocycles. The second-order valence-electron chi connectivity index (χ2n) is 7.67. The summed E-state index contributed by atoms with van der Waals surface area (Å²) >= 11 is 7.22. The van der Waals surface area contributed by atoms with Gasteiger partial charge in [-0.1, -0.05) is 22.9 Å². The van der Waals surface area contributed by atoms with E-state index < -0.39 is 10.0 Å². The molecule has 2 aromatic carbocycles. The zero-order valence-corrected chi connectivity index (χ0v) is 20.8. The van der Waals surface area contributed by atoms with Crippen LogP contribution in [-0.4, -0.2) is 50.5 Å². The molecule has 1 aliphatic rings. The molecular formula is C22H24ClN3O5S2. The summed E-state index contributed by atoms with van der Waals surface area (Å²) < 4.78 is 40.7. The van der Waals surface area contributed by atoms with E-state index >= 15 is 0 Å². The standard InChI is InChI=1S/C22H24ClN3O5S2/c1-25-19-17(30-2)8-9-18(31-3)20(19)32-22(25)24-21(27)14-10-12-26(13-11-14)33(28,29)16-6-4-15(23)5-7-16/h4-9,14H,10-13H2,1-3H3. The molecule has 0 N–H and O–H groups in total. The molecule has 0 atom stereocenters. The van der Waals surface area contributed by atoms with Gasteiger partial charge in [0.2, 0.25) is 10.0 Å². The molecular weight excluding hydrogens is 486 g/mol. The lowest BCUT2D eigenvalue weighted by Gasteiger charge is -2.29. The van der Waals surface area contributed by atoms with E-state index in [1.165, 1.54) is 27.8 Å². The number of sulfonamides is 1. The number of fused-ring (bicyclic) bond motifs is 1. The molecule has 3 aromatic rings. The molecule has 1 fully saturated rings. The summed E-state index contributed by atoms with van der Waals surface area (Å²) in [5.41, 5.74) is 0.803. The Labute approximate surface area is 201 Å². The Hall–Kier alpha value is -2.40. The summed E-state index contributed by atoms with van der Waals surface area (Å²) in [6.45, 7) is 0.522. The van der Waals surface area contributed by atoms with E-state index in [9.17, 15) is 13.2 Å². The van der Waals surface area contributed by atoms with Crippen LogP contribution in [0, 0.1) is 5.92 Å². The first-order valence-corrected chi connectivity index (χ1v) is 12.9. The second kappa shape index (κ2) is 9.46. The molecule has 0 aliphatic carbocycles. The summed E-state index contributed by atoms with van der Waals surface area (Å²) in [7, 11) is 1.39. The quantitative estimate of drug-likeness (QED) is 0.525. The first kappa shape index (κ1) is 23.7. The second-order valence-corrected chi connectivity index (χ2v) is 11.0. The summed E-state index contributed by atoms with van der Waals surface area (Å²) in [5.74, 6) is 0.759. The van der Waals surface area contributed by atoms with Gasteiger partial charge in [0.25, 0.3) is 5.91 Å².